The Morgan fingerprint density at radius 3 is 2.88 bits per heavy atom. The highest BCUT2D eigenvalue weighted by Crippen LogP contribution is 2.26. The number of nitrogens with two attached hydrogens (primary N) is 1. The number of nitrogens with one attached hydrogen (secondary N) is 2. The molecular formula is C12H18N4O. The van der Waals surface area contributed by atoms with Crippen LogP contribution in [0.1, 0.15) is 13.8 Å². The third-order valence-corrected chi connectivity index (χ3v) is 2.95. The number of anilines is 2. The van der Waals surface area contributed by atoms with Crippen molar-refractivity contribution in [3.63, 3.8) is 0 Å². The maximum absolute atomic E-state index is 9.30. The molecule has 0 aliphatic heterocycles. The van der Waals surface area contributed by atoms with Gasteiger partial charge in [0.05, 0.1) is 35.7 Å². The van der Waals surface area contributed by atoms with Gasteiger partial charge in [0.25, 0.3) is 0 Å². The topological polar surface area (TPSA) is 87.0 Å². The third kappa shape index (κ3) is 2.34. The highest BCUT2D eigenvalue weighted by atomic mass is 16.3. The Balaban J connectivity index is 2.31. The molecule has 0 saturated heterocycles. The quantitative estimate of drug-likeness (QED) is 0.605. The lowest BCUT2D eigenvalue weighted by Crippen LogP contribution is -2.29. The van der Waals surface area contributed by atoms with Crippen molar-refractivity contribution in [2.75, 3.05) is 17.7 Å². The molecular weight excluding hydrogens is 216 g/mol. The number of benzene rings is 1. The summed E-state index contributed by atoms with van der Waals surface area (Å²) in [6.07, 6.45) is 1.74. The average molecular weight is 234 g/mol. The van der Waals surface area contributed by atoms with Crippen LogP contribution in [0.5, 0.6) is 0 Å². The molecule has 2 rings (SSSR count). The predicted molar refractivity (Wildman–Crippen MR) is 69.8 cm³/mol. The molecule has 5 N–H and O–H groups in total. The molecule has 0 aliphatic rings. The van der Waals surface area contributed by atoms with E-state index >= 15 is 0 Å². The summed E-state index contributed by atoms with van der Waals surface area (Å²) >= 11 is 0. The summed E-state index contributed by atoms with van der Waals surface area (Å²) in [6, 6.07) is 3.79. The number of hydrogen-bond acceptors (Lipinski definition) is 4. The highest BCUT2D eigenvalue weighted by molar-refractivity contribution is 5.88. The van der Waals surface area contributed by atoms with Crippen LogP contribution in [0, 0.1) is 5.92 Å². The smallest absolute Gasteiger partial charge is 0.0672 e. The van der Waals surface area contributed by atoms with Crippen LogP contribution in [0.2, 0.25) is 0 Å². The monoisotopic (exact) mass is 234 g/mol. The number of aromatic amines is 1. The standard InChI is InChI=1S/C12H18N4O/c1-7(2)12(6-17)15-11-4-10-8(3-9(11)13)5-14-16-10/h3-5,7,12,15,17H,6,13H2,1-2H3,(H,14,16). The third-order valence-electron chi connectivity index (χ3n) is 2.95. The summed E-state index contributed by atoms with van der Waals surface area (Å²) in [4.78, 5) is 0. The maximum atomic E-state index is 9.30. The van der Waals surface area contributed by atoms with Crippen molar-refractivity contribution in [3.8, 4) is 0 Å². The Bertz CT molecular complexity index is 506. The van der Waals surface area contributed by atoms with Crippen molar-refractivity contribution in [2.45, 2.75) is 19.9 Å². The average Bonchev–Trinajstić information content (AvgIpc) is 2.72. The molecule has 0 amide bonds. The van der Waals surface area contributed by atoms with Crippen LogP contribution in [-0.2, 0) is 0 Å². The number of fused-ring (bicyclic) bond motifs is 1. The summed E-state index contributed by atoms with van der Waals surface area (Å²) in [5.41, 5.74) is 8.39. The molecule has 1 unspecified atom stereocenters. The number of aliphatic hydroxyl groups excluding tert-OH is 1. The molecule has 1 aromatic heterocycles. The van der Waals surface area contributed by atoms with E-state index in [0.29, 0.717) is 11.6 Å². The molecule has 0 spiro atoms. The normalized spacial score (nSPS) is 13.2. The van der Waals surface area contributed by atoms with Crippen molar-refractivity contribution < 1.29 is 5.11 Å². The van der Waals surface area contributed by atoms with E-state index in [1.165, 1.54) is 0 Å². The van der Waals surface area contributed by atoms with Gasteiger partial charge in [-0.3, -0.25) is 5.10 Å². The van der Waals surface area contributed by atoms with E-state index in [0.717, 1.165) is 16.6 Å². The van der Waals surface area contributed by atoms with E-state index < -0.39 is 0 Å². The highest BCUT2D eigenvalue weighted by Gasteiger charge is 2.13. The molecule has 1 aromatic carbocycles. The summed E-state index contributed by atoms with van der Waals surface area (Å²) < 4.78 is 0. The van der Waals surface area contributed by atoms with Crippen LogP contribution in [-0.4, -0.2) is 28.0 Å². The number of H-pyrrole nitrogens is 1. The van der Waals surface area contributed by atoms with Gasteiger partial charge in [0, 0.05) is 5.39 Å². The molecule has 0 radical (unpaired) electrons. The van der Waals surface area contributed by atoms with Gasteiger partial charge in [-0.25, -0.2) is 0 Å². The van der Waals surface area contributed by atoms with Gasteiger partial charge in [-0.2, -0.15) is 5.10 Å². The minimum atomic E-state index is -0.00216. The summed E-state index contributed by atoms with van der Waals surface area (Å²) in [7, 11) is 0. The fourth-order valence-corrected chi connectivity index (χ4v) is 1.76. The molecule has 0 fully saturated rings. The molecule has 5 nitrogen and oxygen atoms in total. The zero-order chi connectivity index (χ0) is 12.4. The van der Waals surface area contributed by atoms with E-state index in [9.17, 15) is 5.11 Å². The van der Waals surface area contributed by atoms with Crippen LogP contribution < -0.4 is 11.1 Å². The van der Waals surface area contributed by atoms with E-state index in [1.807, 2.05) is 12.1 Å². The molecule has 0 saturated carbocycles. The van der Waals surface area contributed by atoms with E-state index in [-0.39, 0.29) is 12.6 Å². The van der Waals surface area contributed by atoms with Crippen LogP contribution in [0.3, 0.4) is 0 Å². The van der Waals surface area contributed by atoms with Crippen LogP contribution in [0.15, 0.2) is 18.3 Å². The van der Waals surface area contributed by atoms with Gasteiger partial charge in [0.1, 0.15) is 0 Å². The first-order valence-corrected chi connectivity index (χ1v) is 5.72. The Hall–Kier alpha value is -1.75. The number of rotatable bonds is 4. The van der Waals surface area contributed by atoms with Crippen LogP contribution >= 0.6 is 0 Å². The Kier molecular flexibility index (Phi) is 3.19. The zero-order valence-corrected chi connectivity index (χ0v) is 10.1. The zero-order valence-electron chi connectivity index (χ0n) is 10.1. The van der Waals surface area contributed by atoms with Gasteiger partial charge in [-0.1, -0.05) is 13.8 Å². The SMILES string of the molecule is CC(C)C(CO)Nc1cc2[nH]ncc2cc1N. The van der Waals surface area contributed by atoms with Gasteiger partial charge in [0.2, 0.25) is 0 Å². The van der Waals surface area contributed by atoms with Gasteiger partial charge in [-0.15, -0.1) is 0 Å². The first kappa shape index (κ1) is 11.7. The minimum absolute atomic E-state index is 0.00216. The fourth-order valence-electron chi connectivity index (χ4n) is 1.76. The first-order valence-electron chi connectivity index (χ1n) is 5.72. The lowest BCUT2D eigenvalue weighted by molar-refractivity contribution is 0.249. The van der Waals surface area contributed by atoms with Gasteiger partial charge >= 0.3 is 0 Å². The number of nitrogens with zero attached hydrogens (tertiary/aromatic N) is 1. The van der Waals surface area contributed by atoms with Crippen molar-refractivity contribution >= 4 is 22.3 Å². The van der Waals surface area contributed by atoms with Crippen LogP contribution in [0.25, 0.3) is 10.9 Å². The number of hydrogen-bond donors (Lipinski definition) is 4. The molecule has 17 heavy (non-hydrogen) atoms. The Labute approximate surface area is 100 Å². The van der Waals surface area contributed by atoms with Crippen molar-refractivity contribution in [3.05, 3.63) is 18.3 Å². The van der Waals surface area contributed by atoms with Gasteiger partial charge in [-0.05, 0) is 18.1 Å². The van der Waals surface area contributed by atoms with Crippen LogP contribution in [0.4, 0.5) is 11.4 Å². The minimum Gasteiger partial charge on any atom is -0.397 e. The molecule has 0 aliphatic carbocycles. The van der Waals surface area contributed by atoms with Gasteiger partial charge in [0.15, 0.2) is 0 Å². The molecule has 2 aromatic rings. The molecule has 1 atom stereocenters. The molecule has 92 valence electrons. The number of nitrogen functional groups attached to an aromatic ring is 1. The molecule has 0 bridgehead atoms. The molecule has 5 heteroatoms. The van der Waals surface area contributed by atoms with Gasteiger partial charge < -0.3 is 16.2 Å². The summed E-state index contributed by atoms with van der Waals surface area (Å²) in [6.45, 7) is 4.19. The summed E-state index contributed by atoms with van der Waals surface area (Å²) in [5, 5.41) is 20.4. The van der Waals surface area contributed by atoms with Crippen molar-refractivity contribution in [1.29, 1.82) is 0 Å². The lowest BCUT2D eigenvalue weighted by atomic mass is 10.0. The maximum Gasteiger partial charge on any atom is 0.0672 e. The number of aromatic nitrogens is 2. The first-order chi connectivity index (χ1) is 8.11. The Morgan fingerprint density at radius 1 is 1.47 bits per heavy atom. The largest absolute Gasteiger partial charge is 0.397 e. The summed E-state index contributed by atoms with van der Waals surface area (Å²) in [5.74, 6) is 0.330. The second kappa shape index (κ2) is 4.63. The second-order valence-electron chi connectivity index (χ2n) is 4.57. The Morgan fingerprint density at radius 2 is 2.24 bits per heavy atom. The molecule has 1 heterocycles. The second-order valence-corrected chi connectivity index (χ2v) is 4.57. The fraction of sp³-hybridized carbons (Fsp3) is 0.417. The van der Waals surface area contributed by atoms with E-state index in [1.54, 1.807) is 6.20 Å². The number of aliphatic hydroxyl groups is 1. The lowest BCUT2D eigenvalue weighted by Gasteiger charge is -2.22. The van der Waals surface area contributed by atoms with E-state index in [2.05, 4.69) is 29.4 Å². The van der Waals surface area contributed by atoms with Crippen molar-refractivity contribution in [1.82, 2.24) is 10.2 Å². The van der Waals surface area contributed by atoms with Crippen molar-refractivity contribution in [2.24, 2.45) is 5.92 Å². The predicted octanol–water partition coefficient (Wildman–Crippen LogP) is 1.57. The van der Waals surface area contributed by atoms with E-state index in [4.69, 9.17) is 5.73 Å².